The van der Waals surface area contributed by atoms with Crippen LogP contribution < -0.4 is 14.5 Å². The molecule has 4 rings (SSSR count). The topological polar surface area (TPSA) is 107 Å². The minimum atomic E-state index is -0.517. The van der Waals surface area contributed by atoms with E-state index in [-0.39, 0.29) is 11.3 Å². The Labute approximate surface area is 199 Å². The predicted octanol–water partition coefficient (Wildman–Crippen LogP) is 5.29. The molecule has 34 heavy (non-hydrogen) atoms. The lowest BCUT2D eigenvalue weighted by Gasteiger charge is -2.13. The Morgan fingerprint density at radius 3 is 2.47 bits per heavy atom. The van der Waals surface area contributed by atoms with Crippen molar-refractivity contribution in [1.29, 1.82) is 0 Å². The summed E-state index contributed by atoms with van der Waals surface area (Å²) in [6.07, 6.45) is 1.55. The van der Waals surface area contributed by atoms with Gasteiger partial charge < -0.3 is 9.47 Å². The highest BCUT2D eigenvalue weighted by Crippen LogP contribution is 2.32. The number of nitrogens with zero attached hydrogens (tertiary/aromatic N) is 4. The molecule has 0 saturated heterocycles. The maximum absolute atomic E-state index is 13.4. The number of carbonyl (C=O) groups excluding carboxylic acids is 1. The van der Waals surface area contributed by atoms with Gasteiger partial charge in [0, 0.05) is 17.7 Å². The molecule has 0 fully saturated rings. The molecule has 4 aromatic rings. The number of nitro groups is 1. The molecule has 9 nitrogen and oxygen atoms in total. The molecule has 1 aromatic heterocycles. The number of amides is 1. The molecule has 0 radical (unpaired) electrons. The number of anilines is 1. The zero-order valence-electron chi connectivity index (χ0n) is 18.4. The van der Waals surface area contributed by atoms with Crippen LogP contribution in [-0.2, 0) is 0 Å². The van der Waals surface area contributed by atoms with Gasteiger partial charge in [-0.3, -0.25) is 14.9 Å². The first-order chi connectivity index (χ1) is 16.5. The summed E-state index contributed by atoms with van der Waals surface area (Å²) in [6.45, 7) is 2.47. The van der Waals surface area contributed by atoms with E-state index in [2.05, 4.69) is 10.1 Å². The van der Waals surface area contributed by atoms with Crippen LogP contribution in [0, 0.1) is 10.1 Å². The third kappa shape index (κ3) is 5.02. The average Bonchev–Trinajstić information content (AvgIpc) is 3.28. The Morgan fingerprint density at radius 2 is 1.82 bits per heavy atom. The van der Waals surface area contributed by atoms with Crippen molar-refractivity contribution < 1.29 is 19.2 Å². The molecule has 0 aliphatic heterocycles. The number of hydrogen-bond acceptors (Lipinski definition) is 8. The Bertz CT molecular complexity index is 1350. The lowest BCUT2D eigenvalue weighted by atomic mass is 10.2. The summed E-state index contributed by atoms with van der Waals surface area (Å²) in [6, 6.07) is 18.1. The highest BCUT2D eigenvalue weighted by Gasteiger charge is 2.22. The van der Waals surface area contributed by atoms with E-state index in [1.807, 2.05) is 37.3 Å². The zero-order valence-corrected chi connectivity index (χ0v) is 19.2. The number of aromatic nitrogens is 1. The van der Waals surface area contributed by atoms with Crippen LogP contribution in [0.25, 0.3) is 10.2 Å². The van der Waals surface area contributed by atoms with Gasteiger partial charge in [0.15, 0.2) is 0 Å². The maximum Gasteiger partial charge on any atom is 0.280 e. The van der Waals surface area contributed by atoms with Crippen LogP contribution in [0.1, 0.15) is 22.8 Å². The third-order valence-corrected chi connectivity index (χ3v) is 5.79. The van der Waals surface area contributed by atoms with Gasteiger partial charge in [-0.1, -0.05) is 11.3 Å². The van der Waals surface area contributed by atoms with Crippen LogP contribution in [0.3, 0.4) is 0 Å². The largest absolute Gasteiger partial charge is 0.497 e. The SMILES string of the molecule is CCOc1ccc(/C=N/N(C(=O)c2ccc([N+](=O)[O-])cc2)c2nc3ccc(OC)cc3s2)cc1. The van der Waals surface area contributed by atoms with Gasteiger partial charge in [-0.15, -0.1) is 0 Å². The summed E-state index contributed by atoms with van der Waals surface area (Å²) in [5, 5.41) is 16.9. The average molecular weight is 477 g/mol. The third-order valence-electron chi connectivity index (χ3n) is 4.80. The molecule has 0 bridgehead atoms. The number of methoxy groups -OCH3 is 1. The number of thiazole rings is 1. The van der Waals surface area contributed by atoms with Gasteiger partial charge in [-0.05, 0) is 67.1 Å². The monoisotopic (exact) mass is 476 g/mol. The van der Waals surface area contributed by atoms with Gasteiger partial charge in [0.2, 0.25) is 5.13 Å². The van der Waals surface area contributed by atoms with E-state index in [0.29, 0.717) is 23.0 Å². The molecule has 0 aliphatic rings. The molecule has 0 atom stereocenters. The first kappa shape index (κ1) is 22.9. The molecule has 0 N–H and O–H groups in total. The van der Waals surface area contributed by atoms with Crippen LogP contribution >= 0.6 is 11.3 Å². The molecule has 1 heterocycles. The number of nitro benzene ring substituents is 1. The van der Waals surface area contributed by atoms with Gasteiger partial charge >= 0.3 is 0 Å². The lowest BCUT2D eigenvalue weighted by molar-refractivity contribution is -0.384. The van der Waals surface area contributed by atoms with Crippen LogP contribution in [0.5, 0.6) is 11.5 Å². The molecule has 10 heteroatoms. The second-order valence-corrected chi connectivity index (χ2v) is 8.01. The molecular weight excluding hydrogens is 456 g/mol. The number of benzene rings is 3. The number of fused-ring (bicyclic) bond motifs is 1. The second kappa shape index (κ2) is 10.1. The van der Waals surface area contributed by atoms with E-state index < -0.39 is 10.8 Å². The predicted molar refractivity (Wildman–Crippen MR) is 131 cm³/mol. The summed E-state index contributed by atoms with van der Waals surface area (Å²) in [5.41, 5.74) is 1.59. The van der Waals surface area contributed by atoms with Crippen molar-refractivity contribution in [1.82, 2.24) is 4.98 Å². The summed E-state index contributed by atoms with van der Waals surface area (Å²) in [5.74, 6) is 0.940. The van der Waals surface area contributed by atoms with E-state index in [1.54, 1.807) is 25.5 Å². The number of hydrogen-bond donors (Lipinski definition) is 0. The number of ether oxygens (including phenoxy) is 2. The minimum Gasteiger partial charge on any atom is -0.497 e. The van der Waals surface area contributed by atoms with Gasteiger partial charge in [0.1, 0.15) is 11.5 Å². The van der Waals surface area contributed by atoms with E-state index >= 15 is 0 Å². The lowest BCUT2D eigenvalue weighted by Crippen LogP contribution is -2.25. The van der Waals surface area contributed by atoms with E-state index in [1.165, 1.54) is 40.6 Å². The fraction of sp³-hybridized carbons (Fsp3) is 0.125. The standard InChI is InChI=1S/C24H20N4O5S/c1-3-33-19-10-4-16(5-11-19)15-25-27(23(29)17-6-8-18(9-7-17)28(30)31)24-26-21-13-12-20(32-2)14-22(21)34-24/h4-15H,3H2,1-2H3/b25-15+. The molecule has 0 saturated carbocycles. The van der Waals surface area contributed by atoms with Gasteiger partial charge in [0.05, 0.1) is 35.1 Å². The van der Waals surface area contributed by atoms with Crippen molar-refractivity contribution in [2.24, 2.45) is 5.10 Å². The van der Waals surface area contributed by atoms with Crippen molar-refractivity contribution in [3.05, 3.63) is 88.0 Å². The molecule has 3 aromatic carbocycles. The molecule has 0 unspecified atom stereocenters. The molecule has 1 amide bonds. The van der Waals surface area contributed by atoms with Crippen molar-refractivity contribution in [3.63, 3.8) is 0 Å². The fourth-order valence-corrected chi connectivity index (χ4v) is 4.04. The van der Waals surface area contributed by atoms with E-state index in [9.17, 15) is 14.9 Å². The van der Waals surface area contributed by atoms with Gasteiger partial charge in [-0.2, -0.15) is 10.1 Å². The Balaban J connectivity index is 1.70. The van der Waals surface area contributed by atoms with E-state index in [0.717, 1.165) is 16.0 Å². The summed E-state index contributed by atoms with van der Waals surface area (Å²) >= 11 is 1.28. The summed E-state index contributed by atoms with van der Waals surface area (Å²) in [7, 11) is 1.58. The normalized spacial score (nSPS) is 11.0. The Morgan fingerprint density at radius 1 is 1.12 bits per heavy atom. The summed E-state index contributed by atoms with van der Waals surface area (Å²) < 4.78 is 11.6. The van der Waals surface area contributed by atoms with Crippen molar-refractivity contribution in [2.45, 2.75) is 6.92 Å². The van der Waals surface area contributed by atoms with Crippen LogP contribution in [0.2, 0.25) is 0 Å². The second-order valence-electron chi connectivity index (χ2n) is 7.00. The quantitative estimate of drug-likeness (QED) is 0.194. The summed E-state index contributed by atoms with van der Waals surface area (Å²) in [4.78, 5) is 28.4. The number of rotatable bonds is 8. The van der Waals surface area contributed by atoms with Crippen molar-refractivity contribution in [3.8, 4) is 11.5 Å². The zero-order chi connectivity index (χ0) is 24.1. The highest BCUT2D eigenvalue weighted by molar-refractivity contribution is 7.22. The number of hydrazone groups is 1. The number of carbonyl (C=O) groups is 1. The first-order valence-electron chi connectivity index (χ1n) is 10.3. The highest BCUT2D eigenvalue weighted by atomic mass is 32.1. The number of non-ortho nitro benzene ring substituents is 1. The Kier molecular flexibility index (Phi) is 6.79. The first-order valence-corrected chi connectivity index (χ1v) is 11.1. The fourth-order valence-electron chi connectivity index (χ4n) is 3.09. The molecule has 0 aliphatic carbocycles. The smallest absolute Gasteiger partial charge is 0.280 e. The van der Waals surface area contributed by atoms with Gasteiger partial charge in [0.25, 0.3) is 11.6 Å². The minimum absolute atomic E-state index is 0.104. The van der Waals surface area contributed by atoms with Crippen molar-refractivity contribution >= 4 is 44.5 Å². The maximum atomic E-state index is 13.4. The molecule has 0 spiro atoms. The van der Waals surface area contributed by atoms with Gasteiger partial charge in [-0.25, -0.2) is 4.98 Å². The van der Waals surface area contributed by atoms with E-state index in [4.69, 9.17) is 9.47 Å². The van der Waals surface area contributed by atoms with Crippen molar-refractivity contribution in [2.75, 3.05) is 18.7 Å². The Hall–Kier alpha value is -4.31. The molecular formula is C24H20N4O5S. The molecule has 172 valence electrons. The van der Waals surface area contributed by atoms with Crippen LogP contribution in [0.4, 0.5) is 10.8 Å². The van der Waals surface area contributed by atoms with Crippen LogP contribution in [0.15, 0.2) is 71.8 Å². The van der Waals surface area contributed by atoms with Crippen LogP contribution in [-0.4, -0.2) is 35.7 Å².